The SMILES string of the molecule is O=C(O)c1cccc2c1CCN(C(=O)[C@H]1CCCCN1)C2. The van der Waals surface area contributed by atoms with E-state index in [1.54, 1.807) is 12.1 Å². The number of carbonyl (C=O) groups excluding carboxylic acids is 1. The molecule has 1 atom stereocenters. The summed E-state index contributed by atoms with van der Waals surface area (Å²) in [6.45, 7) is 2.03. The van der Waals surface area contributed by atoms with Crippen LogP contribution in [0.2, 0.25) is 0 Å². The first-order chi connectivity index (χ1) is 10.2. The van der Waals surface area contributed by atoms with Gasteiger partial charge in [-0.25, -0.2) is 4.79 Å². The smallest absolute Gasteiger partial charge is 0.335 e. The van der Waals surface area contributed by atoms with Gasteiger partial charge in [-0.2, -0.15) is 0 Å². The highest BCUT2D eigenvalue weighted by Gasteiger charge is 2.29. The quantitative estimate of drug-likeness (QED) is 0.863. The zero-order valence-corrected chi connectivity index (χ0v) is 12.0. The van der Waals surface area contributed by atoms with Crippen molar-refractivity contribution in [3.63, 3.8) is 0 Å². The van der Waals surface area contributed by atoms with E-state index in [2.05, 4.69) is 5.32 Å². The number of hydrogen-bond donors (Lipinski definition) is 2. The summed E-state index contributed by atoms with van der Waals surface area (Å²) in [5.41, 5.74) is 2.21. The van der Waals surface area contributed by atoms with Crippen LogP contribution in [0.3, 0.4) is 0 Å². The van der Waals surface area contributed by atoms with E-state index in [1.807, 2.05) is 11.0 Å². The lowest BCUT2D eigenvalue weighted by atomic mass is 9.93. The molecule has 0 radical (unpaired) electrons. The summed E-state index contributed by atoms with van der Waals surface area (Å²) in [6.07, 6.45) is 3.75. The van der Waals surface area contributed by atoms with Crippen LogP contribution < -0.4 is 5.32 Å². The third-order valence-electron chi connectivity index (χ3n) is 4.42. The number of carbonyl (C=O) groups is 2. The van der Waals surface area contributed by atoms with E-state index in [0.717, 1.165) is 36.9 Å². The Bertz CT molecular complexity index is 565. The van der Waals surface area contributed by atoms with E-state index in [1.165, 1.54) is 0 Å². The predicted octanol–water partition coefficient (Wildman–Crippen LogP) is 1.41. The number of benzene rings is 1. The Labute approximate surface area is 123 Å². The second-order valence-electron chi connectivity index (χ2n) is 5.76. The molecule has 21 heavy (non-hydrogen) atoms. The lowest BCUT2D eigenvalue weighted by molar-refractivity contribution is -0.135. The molecule has 0 aliphatic carbocycles. The molecular weight excluding hydrogens is 268 g/mol. The number of nitrogens with one attached hydrogen (secondary N) is 1. The number of carboxylic acids is 1. The summed E-state index contributed by atoms with van der Waals surface area (Å²) >= 11 is 0. The third kappa shape index (κ3) is 2.78. The zero-order chi connectivity index (χ0) is 14.8. The topological polar surface area (TPSA) is 69.6 Å². The lowest BCUT2D eigenvalue weighted by Gasteiger charge is -2.34. The van der Waals surface area contributed by atoms with Crippen molar-refractivity contribution < 1.29 is 14.7 Å². The first-order valence-electron chi connectivity index (χ1n) is 7.53. The second-order valence-corrected chi connectivity index (χ2v) is 5.76. The first-order valence-corrected chi connectivity index (χ1v) is 7.53. The Hall–Kier alpha value is -1.88. The molecule has 1 aromatic rings. The van der Waals surface area contributed by atoms with Crippen molar-refractivity contribution in [2.24, 2.45) is 0 Å². The van der Waals surface area contributed by atoms with Gasteiger partial charge in [0, 0.05) is 13.1 Å². The average molecular weight is 288 g/mol. The van der Waals surface area contributed by atoms with Crippen molar-refractivity contribution >= 4 is 11.9 Å². The lowest BCUT2D eigenvalue weighted by Crippen LogP contribution is -2.49. The van der Waals surface area contributed by atoms with Crippen LogP contribution in [0.15, 0.2) is 18.2 Å². The van der Waals surface area contributed by atoms with Crippen LogP contribution in [0.5, 0.6) is 0 Å². The number of nitrogens with zero attached hydrogens (tertiary/aromatic N) is 1. The van der Waals surface area contributed by atoms with Gasteiger partial charge in [-0.05, 0) is 43.0 Å². The number of amides is 1. The van der Waals surface area contributed by atoms with Crippen LogP contribution in [0.1, 0.15) is 40.7 Å². The van der Waals surface area contributed by atoms with Gasteiger partial charge in [0.1, 0.15) is 0 Å². The Balaban J connectivity index is 1.77. The maximum atomic E-state index is 12.5. The predicted molar refractivity (Wildman–Crippen MR) is 78.2 cm³/mol. The minimum Gasteiger partial charge on any atom is -0.478 e. The van der Waals surface area contributed by atoms with E-state index in [0.29, 0.717) is 25.1 Å². The van der Waals surface area contributed by atoms with E-state index in [4.69, 9.17) is 0 Å². The molecule has 0 unspecified atom stereocenters. The van der Waals surface area contributed by atoms with Crippen molar-refractivity contribution in [2.45, 2.75) is 38.3 Å². The van der Waals surface area contributed by atoms with Crippen LogP contribution in [-0.2, 0) is 17.8 Å². The maximum Gasteiger partial charge on any atom is 0.335 e. The average Bonchev–Trinajstić information content (AvgIpc) is 2.53. The molecular formula is C16H20N2O3. The summed E-state index contributed by atoms with van der Waals surface area (Å²) in [5.74, 6) is -0.735. The largest absolute Gasteiger partial charge is 0.478 e. The first kappa shape index (κ1) is 14.1. The Morgan fingerprint density at radius 3 is 2.86 bits per heavy atom. The van der Waals surface area contributed by atoms with E-state index < -0.39 is 5.97 Å². The summed E-state index contributed by atoms with van der Waals surface area (Å²) in [4.78, 5) is 25.6. The van der Waals surface area contributed by atoms with Crippen molar-refractivity contribution in [2.75, 3.05) is 13.1 Å². The highest BCUT2D eigenvalue weighted by Crippen LogP contribution is 2.24. The van der Waals surface area contributed by atoms with Gasteiger partial charge < -0.3 is 15.3 Å². The second kappa shape index (κ2) is 5.85. The molecule has 0 saturated carbocycles. The summed E-state index contributed by atoms with van der Waals surface area (Å²) in [5, 5.41) is 12.5. The Kier molecular flexibility index (Phi) is 3.92. The van der Waals surface area contributed by atoms with Crippen LogP contribution in [-0.4, -0.2) is 41.0 Å². The Morgan fingerprint density at radius 2 is 2.14 bits per heavy atom. The molecule has 0 spiro atoms. The van der Waals surface area contributed by atoms with Gasteiger partial charge in [0.2, 0.25) is 5.91 Å². The summed E-state index contributed by atoms with van der Waals surface area (Å²) < 4.78 is 0. The van der Waals surface area contributed by atoms with Gasteiger partial charge in [0.05, 0.1) is 11.6 Å². The minimum atomic E-state index is -0.888. The molecule has 1 aromatic carbocycles. The molecule has 2 heterocycles. The molecule has 2 N–H and O–H groups in total. The van der Waals surface area contributed by atoms with Crippen LogP contribution in [0.4, 0.5) is 0 Å². The van der Waals surface area contributed by atoms with Gasteiger partial charge in [-0.1, -0.05) is 18.6 Å². The molecule has 112 valence electrons. The Morgan fingerprint density at radius 1 is 1.29 bits per heavy atom. The molecule has 5 nitrogen and oxygen atoms in total. The van der Waals surface area contributed by atoms with Crippen molar-refractivity contribution in [1.29, 1.82) is 0 Å². The van der Waals surface area contributed by atoms with Gasteiger partial charge >= 0.3 is 5.97 Å². The van der Waals surface area contributed by atoms with Gasteiger partial charge in [-0.15, -0.1) is 0 Å². The molecule has 1 saturated heterocycles. The normalized spacial score (nSPS) is 21.7. The molecule has 0 bridgehead atoms. The maximum absolute atomic E-state index is 12.5. The number of piperidine rings is 1. The molecule has 5 heteroatoms. The molecule has 3 rings (SSSR count). The fourth-order valence-electron chi connectivity index (χ4n) is 3.28. The van der Waals surface area contributed by atoms with Crippen LogP contribution in [0, 0.1) is 0 Å². The monoisotopic (exact) mass is 288 g/mol. The summed E-state index contributed by atoms with van der Waals surface area (Å²) in [7, 11) is 0. The van der Waals surface area contributed by atoms with Crippen molar-refractivity contribution in [3.8, 4) is 0 Å². The fourth-order valence-corrected chi connectivity index (χ4v) is 3.28. The van der Waals surface area contributed by atoms with Gasteiger partial charge in [0.25, 0.3) is 0 Å². The fraction of sp³-hybridized carbons (Fsp3) is 0.500. The molecule has 2 aliphatic heterocycles. The third-order valence-corrected chi connectivity index (χ3v) is 4.42. The van der Waals surface area contributed by atoms with Crippen molar-refractivity contribution in [3.05, 3.63) is 34.9 Å². The highest BCUT2D eigenvalue weighted by molar-refractivity contribution is 5.90. The van der Waals surface area contributed by atoms with Gasteiger partial charge in [0.15, 0.2) is 0 Å². The highest BCUT2D eigenvalue weighted by atomic mass is 16.4. The number of hydrogen-bond acceptors (Lipinski definition) is 3. The summed E-state index contributed by atoms with van der Waals surface area (Å²) in [6, 6.07) is 5.26. The number of carboxylic acid groups (broad SMARTS) is 1. The van der Waals surface area contributed by atoms with E-state index >= 15 is 0 Å². The molecule has 1 fully saturated rings. The van der Waals surface area contributed by atoms with Crippen LogP contribution in [0.25, 0.3) is 0 Å². The van der Waals surface area contributed by atoms with Gasteiger partial charge in [-0.3, -0.25) is 4.79 Å². The molecule has 2 aliphatic rings. The number of fused-ring (bicyclic) bond motifs is 1. The van der Waals surface area contributed by atoms with Crippen LogP contribution >= 0.6 is 0 Å². The minimum absolute atomic E-state index is 0.0667. The van der Waals surface area contributed by atoms with E-state index in [9.17, 15) is 14.7 Å². The zero-order valence-electron chi connectivity index (χ0n) is 12.0. The number of aromatic carboxylic acids is 1. The number of rotatable bonds is 2. The standard InChI is InChI=1S/C16H20N2O3/c19-15(14-6-1-2-8-17-14)18-9-7-12-11(10-18)4-3-5-13(12)16(20)21/h3-5,14,17H,1-2,6-10H2,(H,20,21)/t14-/m1/s1. The van der Waals surface area contributed by atoms with Crippen molar-refractivity contribution in [1.82, 2.24) is 10.2 Å². The molecule has 0 aromatic heterocycles. The molecule has 1 amide bonds. The van der Waals surface area contributed by atoms with E-state index in [-0.39, 0.29) is 11.9 Å².